The number of hydrogen-bond acceptors (Lipinski definition) is 3. The smallest absolute Gasteiger partial charge is 0.214 e. The van der Waals surface area contributed by atoms with Crippen molar-refractivity contribution >= 4 is 0 Å². The molecule has 0 spiro atoms. The van der Waals surface area contributed by atoms with Gasteiger partial charge in [-0.05, 0) is 6.92 Å². The van der Waals surface area contributed by atoms with Gasteiger partial charge in [-0.1, -0.05) is 12.2 Å². The Hall–Kier alpha value is -0.380. The van der Waals surface area contributed by atoms with Crippen molar-refractivity contribution in [2.75, 3.05) is 6.61 Å². The third-order valence-corrected chi connectivity index (χ3v) is 1.36. The number of aliphatic hydroxyl groups excluding tert-OH is 1. The highest BCUT2D eigenvalue weighted by molar-refractivity contribution is 5.02. The van der Waals surface area contributed by atoms with Crippen LogP contribution in [-0.4, -0.2) is 24.2 Å². The first-order valence-electron chi connectivity index (χ1n) is 2.91. The van der Waals surface area contributed by atoms with Gasteiger partial charge in [0.25, 0.3) is 0 Å². The van der Waals surface area contributed by atoms with E-state index in [1.54, 1.807) is 0 Å². The van der Waals surface area contributed by atoms with Crippen molar-refractivity contribution in [3.8, 4) is 0 Å². The second kappa shape index (κ2) is 2.47. The fourth-order valence-corrected chi connectivity index (χ4v) is 0.740. The molecule has 1 unspecified atom stereocenters. The average molecular weight is 129 g/mol. The van der Waals surface area contributed by atoms with Crippen LogP contribution < -0.4 is 5.32 Å². The Morgan fingerprint density at radius 3 is 2.78 bits per heavy atom. The van der Waals surface area contributed by atoms with Crippen LogP contribution in [0.2, 0.25) is 0 Å². The van der Waals surface area contributed by atoms with Crippen molar-refractivity contribution in [1.29, 1.82) is 0 Å². The Balaban J connectivity index is 2.39. The van der Waals surface area contributed by atoms with Crippen LogP contribution >= 0.6 is 0 Å². The molecule has 3 heteroatoms. The molecular weight excluding hydrogens is 118 g/mol. The number of hydrogen-bond donors (Lipinski definition) is 2. The van der Waals surface area contributed by atoms with Crippen LogP contribution in [0.4, 0.5) is 0 Å². The first-order valence-corrected chi connectivity index (χ1v) is 2.91. The SMILES string of the molecule is C=C(C)[C@@H]1COC(O)N1. The van der Waals surface area contributed by atoms with Crippen molar-refractivity contribution in [3.63, 3.8) is 0 Å². The number of aliphatic hydroxyl groups is 1. The van der Waals surface area contributed by atoms with Crippen molar-refractivity contribution in [1.82, 2.24) is 5.32 Å². The van der Waals surface area contributed by atoms with E-state index in [9.17, 15) is 0 Å². The number of nitrogens with one attached hydrogen (secondary N) is 1. The van der Waals surface area contributed by atoms with Gasteiger partial charge in [-0.15, -0.1) is 0 Å². The monoisotopic (exact) mass is 129 g/mol. The van der Waals surface area contributed by atoms with Gasteiger partial charge in [0.05, 0.1) is 12.6 Å². The normalized spacial score (nSPS) is 34.9. The molecule has 0 aromatic heterocycles. The second-order valence-corrected chi connectivity index (χ2v) is 2.25. The van der Waals surface area contributed by atoms with Gasteiger partial charge in [-0.3, -0.25) is 5.32 Å². The predicted octanol–water partition coefficient (Wildman–Crippen LogP) is -0.173. The minimum atomic E-state index is -0.799. The van der Waals surface area contributed by atoms with Gasteiger partial charge in [0.2, 0.25) is 6.41 Å². The second-order valence-electron chi connectivity index (χ2n) is 2.25. The van der Waals surface area contributed by atoms with Crippen LogP contribution in [-0.2, 0) is 4.74 Å². The van der Waals surface area contributed by atoms with Crippen molar-refractivity contribution in [2.45, 2.75) is 19.4 Å². The molecule has 2 N–H and O–H groups in total. The summed E-state index contributed by atoms with van der Waals surface area (Å²) in [6.45, 7) is 6.14. The van der Waals surface area contributed by atoms with Crippen LogP contribution in [0.5, 0.6) is 0 Å². The van der Waals surface area contributed by atoms with Gasteiger partial charge in [0.15, 0.2) is 0 Å². The molecule has 1 saturated heterocycles. The minimum Gasteiger partial charge on any atom is -0.356 e. The summed E-state index contributed by atoms with van der Waals surface area (Å²) in [7, 11) is 0. The predicted molar refractivity (Wildman–Crippen MR) is 33.7 cm³/mol. The Kier molecular flexibility index (Phi) is 1.85. The minimum absolute atomic E-state index is 0.125. The maximum absolute atomic E-state index is 8.77. The zero-order valence-electron chi connectivity index (χ0n) is 5.42. The summed E-state index contributed by atoms with van der Waals surface area (Å²) in [5.74, 6) is 0. The van der Waals surface area contributed by atoms with E-state index in [-0.39, 0.29) is 6.04 Å². The highest BCUT2D eigenvalue weighted by Gasteiger charge is 2.21. The van der Waals surface area contributed by atoms with Gasteiger partial charge in [0.1, 0.15) is 0 Å². The van der Waals surface area contributed by atoms with Crippen molar-refractivity contribution in [2.24, 2.45) is 0 Å². The maximum Gasteiger partial charge on any atom is 0.214 e. The van der Waals surface area contributed by atoms with E-state index in [1.165, 1.54) is 0 Å². The van der Waals surface area contributed by atoms with Gasteiger partial charge in [-0.25, -0.2) is 0 Å². The molecule has 0 radical (unpaired) electrons. The van der Waals surface area contributed by atoms with Gasteiger partial charge < -0.3 is 9.84 Å². The summed E-state index contributed by atoms with van der Waals surface area (Å²) in [4.78, 5) is 0. The first kappa shape index (κ1) is 6.74. The van der Waals surface area contributed by atoms with E-state index in [0.717, 1.165) is 5.57 Å². The molecule has 0 bridgehead atoms. The van der Waals surface area contributed by atoms with E-state index < -0.39 is 6.41 Å². The molecule has 0 amide bonds. The standard InChI is InChI=1S/C6H11NO2/c1-4(2)5-3-9-6(8)7-5/h5-8H,1,3H2,2H3/t5-,6?/m0/s1. The molecule has 1 rings (SSSR count). The largest absolute Gasteiger partial charge is 0.356 e. The summed E-state index contributed by atoms with van der Waals surface area (Å²) in [6, 6.07) is 0.125. The quantitative estimate of drug-likeness (QED) is 0.483. The third-order valence-electron chi connectivity index (χ3n) is 1.36. The fourth-order valence-electron chi connectivity index (χ4n) is 0.740. The van der Waals surface area contributed by atoms with Crippen molar-refractivity contribution < 1.29 is 9.84 Å². The highest BCUT2D eigenvalue weighted by Crippen LogP contribution is 2.06. The Labute approximate surface area is 54.3 Å². The molecular formula is C6H11NO2. The molecule has 1 fully saturated rings. The highest BCUT2D eigenvalue weighted by atomic mass is 16.6. The lowest BCUT2D eigenvalue weighted by atomic mass is 10.2. The fraction of sp³-hybridized carbons (Fsp3) is 0.667. The lowest BCUT2D eigenvalue weighted by Gasteiger charge is -2.05. The van der Waals surface area contributed by atoms with Crippen LogP contribution in [0.25, 0.3) is 0 Å². The Bertz CT molecular complexity index is 124. The summed E-state index contributed by atoms with van der Waals surface area (Å²) in [6.07, 6.45) is -0.799. The van der Waals surface area contributed by atoms with Crippen LogP contribution in [0.1, 0.15) is 6.92 Å². The van der Waals surface area contributed by atoms with Crippen LogP contribution in [0.3, 0.4) is 0 Å². The molecule has 52 valence electrons. The lowest BCUT2D eigenvalue weighted by molar-refractivity contribution is -0.0719. The van der Waals surface area contributed by atoms with E-state index in [4.69, 9.17) is 9.84 Å². The summed E-state index contributed by atoms with van der Waals surface area (Å²) >= 11 is 0. The summed E-state index contributed by atoms with van der Waals surface area (Å²) < 4.78 is 4.81. The molecule has 0 aromatic carbocycles. The zero-order valence-corrected chi connectivity index (χ0v) is 5.42. The maximum atomic E-state index is 8.77. The molecule has 1 aliphatic rings. The van der Waals surface area contributed by atoms with Crippen LogP contribution in [0, 0.1) is 0 Å². The van der Waals surface area contributed by atoms with E-state index in [1.807, 2.05) is 6.92 Å². The summed E-state index contributed by atoms with van der Waals surface area (Å²) in [5, 5.41) is 11.6. The topological polar surface area (TPSA) is 41.5 Å². The molecule has 9 heavy (non-hydrogen) atoms. The van der Waals surface area contributed by atoms with Gasteiger partial charge in [-0.2, -0.15) is 0 Å². The van der Waals surface area contributed by atoms with E-state index in [2.05, 4.69) is 11.9 Å². The molecule has 0 aliphatic carbocycles. The molecule has 3 nitrogen and oxygen atoms in total. The van der Waals surface area contributed by atoms with Gasteiger partial charge >= 0.3 is 0 Å². The van der Waals surface area contributed by atoms with Crippen LogP contribution in [0.15, 0.2) is 12.2 Å². The first-order chi connectivity index (χ1) is 4.20. The molecule has 0 aromatic rings. The molecule has 2 atom stereocenters. The Morgan fingerprint density at radius 2 is 2.56 bits per heavy atom. The lowest BCUT2D eigenvalue weighted by Crippen LogP contribution is -2.30. The van der Waals surface area contributed by atoms with Crippen molar-refractivity contribution in [3.05, 3.63) is 12.2 Å². The zero-order chi connectivity index (χ0) is 6.85. The molecule has 1 aliphatic heterocycles. The molecule has 1 heterocycles. The molecule has 0 saturated carbocycles. The van der Waals surface area contributed by atoms with E-state index in [0.29, 0.717) is 6.61 Å². The summed E-state index contributed by atoms with van der Waals surface area (Å²) in [5.41, 5.74) is 0.992. The number of rotatable bonds is 1. The average Bonchev–Trinajstić information content (AvgIpc) is 2.14. The Morgan fingerprint density at radius 1 is 1.89 bits per heavy atom. The third kappa shape index (κ3) is 1.51. The van der Waals surface area contributed by atoms with E-state index >= 15 is 0 Å². The number of ether oxygens (including phenoxy) is 1. The van der Waals surface area contributed by atoms with Gasteiger partial charge in [0, 0.05) is 0 Å².